The van der Waals surface area contributed by atoms with Crippen molar-refractivity contribution in [1.29, 1.82) is 0 Å². The van der Waals surface area contributed by atoms with Gasteiger partial charge in [0.1, 0.15) is 5.69 Å². The molecular weight excluding hydrogens is 184 g/mol. The minimum absolute atomic E-state index is 0.171. The third kappa shape index (κ3) is 2.82. The summed E-state index contributed by atoms with van der Waals surface area (Å²) < 4.78 is 4.89. The summed E-state index contributed by atoms with van der Waals surface area (Å²) >= 11 is 0. The molecule has 1 rings (SSSR count). The van der Waals surface area contributed by atoms with Crippen LogP contribution in [-0.2, 0) is 4.74 Å². The molecule has 0 radical (unpaired) electrons. The molecule has 1 amide bonds. The second-order valence-corrected chi connectivity index (χ2v) is 2.83. The van der Waals surface area contributed by atoms with Crippen molar-refractivity contribution in [1.82, 2.24) is 15.5 Å². The number of carbonyl (C=O) groups excluding carboxylic acids is 1. The molecule has 6 heteroatoms. The van der Waals surface area contributed by atoms with E-state index in [-0.39, 0.29) is 11.9 Å². The SMILES string of the molecule is COCC(CN)NC(=O)c1ccn[nH]1. The number of aromatic amines is 1. The second kappa shape index (κ2) is 5.36. The van der Waals surface area contributed by atoms with Crippen molar-refractivity contribution in [2.45, 2.75) is 6.04 Å². The van der Waals surface area contributed by atoms with E-state index >= 15 is 0 Å². The molecule has 0 spiro atoms. The van der Waals surface area contributed by atoms with Crippen LogP contribution in [0.2, 0.25) is 0 Å². The van der Waals surface area contributed by atoms with Gasteiger partial charge in [-0.1, -0.05) is 0 Å². The molecule has 0 saturated heterocycles. The van der Waals surface area contributed by atoms with Gasteiger partial charge in [0.05, 0.1) is 12.6 Å². The molecule has 1 atom stereocenters. The Balaban J connectivity index is 2.47. The number of nitrogens with zero attached hydrogens (tertiary/aromatic N) is 1. The molecule has 0 aliphatic rings. The molecule has 0 fully saturated rings. The molecule has 1 aromatic heterocycles. The molecule has 0 aliphatic heterocycles. The Morgan fingerprint density at radius 3 is 3.14 bits per heavy atom. The molecule has 78 valence electrons. The van der Waals surface area contributed by atoms with Gasteiger partial charge in [-0.25, -0.2) is 0 Å². The van der Waals surface area contributed by atoms with Crippen LogP contribution in [0.1, 0.15) is 10.5 Å². The number of aromatic nitrogens is 2. The van der Waals surface area contributed by atoms with Gasteiger partial charge in [-0.05, 0) is 6.07 Å². The summed E-state index contributed by atoms with van der Waals surface area (Å²) in [5.74, 6) is -0.227. The highest BCUT2D eigenvalue weighted by Gasteiger charge is 2.12. The molecular formula is C8H14N4O2. The average molecular weight is 198 g/mol. The van der Waals surface area contributed by atoms with Gasteiger partial charge < -0.3 is 15.8 Å². The topological polar surface area (TPSA) is 93.0 Å². The summed E-state index contributed by atoms with van der Waals surface area (Å²) in [6.07, 6.45) is 1.52. The first-order valence-electron chi connectivity index (χ1n) is 4.27. The van der Waals surface area contributed by atoms with Crippen molar-refractivity contribution in [3.8, 4) is 0 Å². The maximum absolute atomic E-state index is 11.5. The van der Waals surface area contributed by atoms with Gasteiger partial charge >= 0.3 is 0 Å². The Kier molecular flexibility index (Phi) is 4.09. The van der Waals surface area contributed by atoms with E-state index in [9.17, 15) is 4.79 Å². The van der Waals surface area contributed by atoms with Crippen molar-refractivity contribution in [2.75, 3.05) is 20.3 Å². The number of H-pyrrole nitrogens is 1. The summed E-state index contributed by atoms with van der Waals surface area (Å²) in [5.41, 5.74) is 5.86. The van der Waals surface area contributed by atoms with Gasteiger partial charge in [0.15, 0.2) is 0 Å². The van der Waals surface area contributed by atoms with Crippen molar-refractivity contribution >= 4 is 5.91 Å². The third-order valence-corrected chi connectivity index (χ3v) is 1.73. The van der Waals surface area contributed by atoms with Gasteiger partial charge in [0.25, 0.3) is 5.91 Å². The summed E-state index contributed by atoms with van der Waals surface area (Å²) in [6.45, 7) is 0.740. The van der Waals surface area contributed by atoms with Crippen LogP contribution in [0.25, 0.3) is 0 Å². The minimum atomic E-state index is -0.227. The molecule has 1 unspecified atom stereocenters. The Morgan fingerprint density at radius 2 is 2.64 bits per heavy atom. The predicted octanol–water partition coefficient (Wildman–Crippen LogP) is -0.887. The maximum atomic E-state index is 11.5. The molecule has 6 nitrogen and oxygen atoms in total. The van der Waals surface area contributed by atoms with E-state index in [1.165, 1.54) is 6.20 Å². The molecule has 4 N–H and O–H groups in total. The first-order chi connectivity index (χ1) is 6.77. The molecule has 0 saturated carbocycles. The lowest BCUT2D eigenvalue weighted by atomic mass is 10.3. The largest absolute Gasteiger partial charge is 0.383 e. The first kappa shape index (κ1) is 10.7. The van der Waals surface area contributed by atoms with Gasteiger partial charge in [0.2, 0.25) is 0 Å². The van der Waals surface area contributed by atoms with Crippen LogP contribution < -0.4 is 11.1 Å². The van der Waals surface area contributed by atoms with Gasteiger partial charge in [0, 0.05) is 19.9 Å². The van der Waals surface area contributed by atoms with Crippen molar-refractivity contribution < 1.29 is 9.53 Å². The highest BCUT2D eigenvalue weighted by atomic mass is 16.5. The van der Waals surface area contributed by atoms with E-state index in [1.807, 2.05) is 0 Å². The highest BCUT2D eigenvalue weighted by Crippen LogP contribution is 1.92. The first-order valence-corrected chi connectivity index (χ1v) is 4.27. The monoisotopic (exact) mass is 198 g/mol. The zero-order valence-electron chi connectivity index (χ0n) is 7.99. The quantitative estimate of drug-likeness (QED) is 0.572. The number of hydrogen-bond acceptors (Lipinski definition) is 4. The van der Waals surface area contributed by atoms with Crippen LogP contribution in [0, 0.1) is 0 Å². The van der Waals surface area contributed by atoms with Crippen LogP contribution in [0.15, 0.2) is 12.3 Å². The fourth-order valence-electron chi connectivity index (χ4n) is 1.02. The van der Waals surface area contributed by atoms with Gasteiger partial charge in [-0.15, -0.1) is 0 Å². The Hall–Kier alpha value is -1.40. The number of nitrogens with one attached hydrogen (secondary N) is 2. The van der Waals surface area contributed by atoms with E-state index in [0.717, 1.165) is 0 Å². The number of rotatable bonds is 5. The van der Waals surface area contributed by atoms with Crippen molar-refractivity contribution in [2.24, 2.45) is 5.73 Å². The number of ether oxygens (including phenoxy) is 1. The predicted molar refractivity (Wildman–Crippen MR) is 50.8 cm³/mol. The molecule has 0 aromatic carbocycles. The van der Waals surface area contributed by atoms with Crippen molar-refractivity contribution in [3.63, 3.8) is 0 Å². The molecule has 0 aliphatic carbocycles. The number of hydrogen-bond donors (Lipinski definition) is 3. The summed E-state index contributed by atoms with van der Waals surface area (Å²) in [6, 6.07) is 1.42. The van der Waals surface area contributed by atoms with E-state index in [1.54, 1.807) is 13.2 Å². The summed E-state index contributed by atoms with van der Waals surface area (Å²) in [5, 5.41) is 8.95. The fourth-order valence-corrected chi connectivity index (χ4v) is 1.02. The standard InChI is InChI=1S/C8H14N4O2/c1-14-5-6(4-9)11-8(13)7-2-3-10-12-7/h2-3,6H,4-5,9H2,1H3,(H,10,12)(H,11,13). The normalized spacial score (nSPS) is 12.4. The van der Waals surface area contributed by atoms with Crippen molar-refractivity contribution in [3.05, 3.63) is 18.0 Å². The van der Waals surface area contributed by atoms with E-state index < -0.39 is 0 Å². The molecule has 14 heavy (non-hydrogen) atoms. The molecule has 1 heterocycles. The average Bonchev–Trinajstić information content (AvgIpc) is 2.69. The lowest BCUT2D eigenvalue weighted by Gasteiger charge is -2.14. The van der Waals surface area contributed by atoms with Crippen LogP contribution in [0.4, 0.5) is 0 Å². The number of methoxy groups -OCH3 is 1. The van der Waals surface area contributed by atoms with Crippen LogP contribution >= 0.6 is 0 Å². The van der Waals surface area contributed by atoms with Gasteiger partial charge in [-0.2, -0.15) is 5.10 Å². The second-order valence-electron chi connectivity index (χ2n) is 2.83. The van der Waals surface area contributed by atoms with Crippen LogP contribution in [0.3, 0.4) is 0 Å². The Morgan fingerprint density at radius 1 is 1.86 bits per heavy atom. The summed E-state index contributed by atoms with van der Waals surface area (Å²) in [4.78, 5) is 11.5. The minimum Gasteiger partial charge on any atom is -0.383 e. The lowest BCUT2D eigenvalue weighted by Crippen LogP contribution is -2.43. The van der Waals surface area contributed by atoms with E-state index in [4.69, 9.17) is 10.5 Å². The smallest absolute Gasteiger partial charge is 0.269 e. The Labute approximate surface area is 81.8 Å². The zero-order valence-corrected chi connectivity index (χ0v) is 7.99. The molecule has 1 aromatic rings. The fraction of sp³-hybridized carbons (Fsp3) is 0.500. The lowest BCUT2D eigenvalue weighted by molar-refractivity contribution is 0.0895. The van der Waals surface area contributed by atoms with E-state index in [2.05, 4.69) is 15.5 Å². The Bertz CT molecular complexity index is 273. The highest BCUT2D eigenvalue weighted by molar-refractivity contribution is 5.92. The maximum Gasteiger partial charge on any atom is 0.269 e. The van der Waals surface area contributed by atoms with Crippen LogP contribution in [0.5, 0.6) is 0 Å². The van der Waals surface area contributed by atoms with E-state index in [0.29, 0.717) is 18.8 Å². The number of amides is 1. The van der Waals surface area contributed by atoms with Crippen LogP contribution in [-0.4, -0.2) is 42.4 Å². The summed E-state index contributed by atoms with van der Waals surface area (Å²) in [7, 11) is 1.56. The number of carbonyl (C=O) groups is 1. The van der Waals surface area contributed by atoms with Gasteiger partial charge in [-0.3, -0.25) is 9.89 Å². The number of nitrogens with two attached hydrogens (primary N) is 1. The zero-order chi connectivity index (χ0) is 10.4. The third-order valence-electron chi connectivity index (χ3n) is 1.73. The molecule has 0 bridgehead atoms.